The van der Waals surface area contributed by atoms with Crippen LogP contribution in [0.25, 0.3) is 10.9 Å². The number of H-pyrrole nitrogens is 1. The summed E-state index contributed by atoms with van der Waals surface area (Å²) in [5, 5.41) is 1.16. The summed E-state index contributed by atoms with van der Waals surface area (Å²) in [4.78, 5) is 16.9. The lowest BCUT2D eigenvalue weighted by Crippen LogP contribution is -2.35. The Kier molecular flexibility index (Phi) is 2.17. The van der Waals surface area contributed by atoms with Gasteiger partial charge >= 0.3 is 0 Å². The van der Waals surface area contributed by atoms with Crippen LogP contribution in [0.5, 0.6) is 0 Å². The largest absolute Gasteiger partial charge is 0.341 e. The third-order valence-electron chi connectivity index (χ3n) is 3.13. The van der Waals surface area contributed by atoms with Crippen LogP contribution in [0.15, 0.2) is 30.3 Å². The van der Waals surface area contributed by atoms with Crippen molar-refractivity contribution in [2.24, 2.45) is 0 Å². The fourth-order valence-electron chi connectivity index (χ4n) is 2.26. The number of para-hydroxylation sites is 1. The summed E-state index contributed by atoms with van der Waals surface area (Å²) in [5.74, 6) is 1.17. The van der Waals surface area contributed by atoms with Gasteiger partial charge in [-0.1, -0.05) is 18.2 Å². The number of amides is 1. The molecule has 1 saturated heterocycles. The van der Waals surface area contributed by atoms with Gasteiger partial charge in [0.25, 0.3) is 0 Å². The minimum Gasteiger partial charge on any atom is -0.341 e. The number of carbonyl (C=O) groups is 1. The molecule has 1 aliphatic rings. The highest BCUT2D eigenvalue weighted by molar-refractivity contribution is 5.96. The second kappa shape index (κ2) is 3.67. The van der Waals surface area contributed by atoms with Gasteiger partial charge in [0.15, 0.2) is 0 Å². The Morgan fingerprint density at radius 2 is 2.06 bits per heavy atom. The molecule has 1 amide bonds. The topological polar surface area (TPSA) is 36.1 Å². The van der Waals surface area contributed by atoms with Crippen molar-refractivity contribution in [1.82, 2.24) is 4.98 Å². The third-order valence-corrected chi connectivity index (χ3v) is 3.13. The lowest BCUT2D eigenvalue weighted by molar-refractivity contribution is -0.119. The van der Waals surface area contributed by atoms with Gasteiger partial charge in [0, 0.05) is 23.9 Å². The first-order valence-corrected chi connectivity index (χ1v) is 5.73. The molecule has 1 N–H and O–H groups in total. The molecule has 0 radical (unpaired) electrons. The second-order valence-electron chi connectivity index (χ2n) is 4.24. The predicted octanol–water partition coefficient (Wildman–Crippen LogP) is 2.68. The maximum Gasteiger partial charge on any atom is 0.228 e. The number of anilines is 1. The summed E-state index contributed by atoms with van der Waals surface area (Å²) in [7, 11) is 0. The van der Waals surface area contributed by atoms with Crippen molar-refractivity contribution in [3.8, 4) is 0 Å². The quantitative estimate of drug-likeness (QED) is 0.778. The smallest absolute Gasteiger partial charge is 0.228 e. The van der Waals surface area contributed by atoms with Crippen LogP contribution < -0.4 is 4.90 Å². The van der Waals surface area contributed by atoms with Crippen LogP contribution in [0, 0.1) is 0 Å². The number of hydrogen-bond acceptors (Lipinski definition) is 1. The zero-order chi connectivity index (χ0) is 11.0. The molecule has 82 valence electrons. The first-order chi connectivity index (χ1) is 7.84. The summed E-state index contributed by atoms with van der Waals surface area (Å²) in [6.07, 6.45) is 2.80. The molecular formula is C13H14N2O. The number of benzene rings is 1. The van der Waals surface area contributed by atoms with Gasteiger partial charge < -0.3 is 4.98 Å². The van der Waals surface area contributed by atoms with E-state index < -0.39 is 0 Å². The molecular weight excluding hydrogens is 200 g/mol. The van der Waals surface area contributed by atoms with Crippen molar-refractivity contribution >= 4 is 22.6 Å². The Labute approximate surface area is 94.1 Å². The molecule has 0 unspecified atom stereocenters. The molecule has 2 heterocycles. The van der Waals surface area contributed by atoms with Crippen molar-refractivity contribution in [2.45, 2.75) is 19.3 Å². The number of carbonyl (C=O) groups excluding carboxylic acids is 1. The van der Waals surface area contributed by atoms with Crippen LogP contribution >= 0.6 is 0 Å². The maximum atomic E-state index is 11.8. The number of fused-ring (bicyclic) bond motifs is 1. The van der Waals surface area contributed by atoms with E-state index in [0.717, 1.165) is 36.1 Å². The Bertz CT molecular complexity index is 496. The number of aromatic amines is 1. The molecule has 3 heteroatoms. The molecule has 1 fully saturated rings. The van der Waals surface area contributed by atoms with Crippen molar-refractivity contribution in [1.29, 1.82) is 0 Å². The van der Waals surface area contributed by atoms with Crippen molar-refractivity contribution in [3.63, 3.8) is 0 Å². The minimum atomic E-state index is 0.234. The lowest BCUT2D eigenvalue weighted by Gasteiger charge is -2.25. The van der Waals surface area contributed by atoms with E-state index in [-0.39, 0.29) is 5.91 Å². The van der Waals surface area contributed by atoms with Gasteiger partial charge in [0.1, 0.15) is 5.82 Å². The van der Waals surface area contributed by atoms with Gasteiger partial charge in [0.05, 0.1) is 0 Å². The van der Waals surface area contributed by atoms with E-state index in [1.165, 1.54) is 0 Å². The molecule has 3 nitrogen and oxygen atoms in total. The number of piperidine rings is 1. The summed E-state index contributed by atoms with van der Waals surface area (Å²) in [6, 6.07) is 10.2. The molecule has 16 heavy (non-hydrogen) atoms. The van der Waals surface area contributed by atoms with E-state index >= 15 is 0 Å². The summed E-state index contributed by atoms with van der Waals surface area (Å²) >= 11 is 0. The zero-order valence-corrected chi connectivity index (χ0v) is 9.07. The fraction of sp³-hybridized carbons (Fsp3) is 0.308. The predicted molar refractivity (Wildman–Crippen MR) is 64.5 cm³/mol. The molecule has 0 bridgehead atoms. The van der Waals surface area contributed by atoms with Crippen LogP contribution in [0.2, 0.25) is 0 Å². The van der Waals surface area contributed by atoms with E-state index in [2.05, 4.69) is 17.1 Å². The van der Waals surface area contributed by atoms with E-state index in [9.17, 15) is 4.79 Å². The maximum absolute atomic E-state index is 11.8. The SMILES string of the molecule is O=C1CCCCN1c1cc2ccccc2[nH]1. The molecule has 1 aliphatic heterocycles. The molecule has 2 aromatic rings. The number of nitrogens with one attached hydrogen (secondary N) is 1. The van der Waals surface area contributed by atoms with E-state index in [4.69, 9.17) is 0 Å². The summed E-state index contributed by atoms with van der Waals surface area (Å²) in [5.41, 5.74) is 1.09. The van der Waals surface area contributed by atoms with Crippen LogP contribution in [0.4, 0.5) is 5.82 Å². The van der Waals surface area contributed by atoms with Crippen LogP contribution in [0.3, 0.4) is 0 Å². The number of aromatic nitrogens is 1. The minimum absolute atomic E-state index is 0.234. The third kappa shape index (κ3) is 1.48. The van der Waals surface area contributed by atoms with Gasteiger partial charge in [0.2, 0.25) is 5.91 Å². The first kappa shape index (κ1) is 9.46. The van der Waals surface area contributed by atoms with Gasteiger partial charge in [-0.3, -0.25) is 9.69 Å². The molecule has 0 spiro atoms. The van der Waals surface area contributed by atoms with Crippen molar-refractivity contribution < 1.29 is 4.79 Å². The second-order valence-corrected chi connectivity index (χ2v) is 4.24. The number of rotatable bonds is 1. The molecule has 0 aliphatic carbocycles. The van der Waals surface area contributed by atoms with Gasteiger partial charge in [-0.15, -0.1) is 0 Å². The highest BCUT2D eigenvalue weighted by atomic mass is 16.2. The van der Waals surface area contributed by atoms with E-state index in [1.54, 1.807) is 0 Å². The Balaban J connectivity index is 2.01. The molecule has 0 atom stereocenters. The average molecular weight is 214 g/mol. The van der Waals surface area contributed by atoms with Gasteiger partial charge in [-0.25, -0.2) is 0 Å². The average Bonchev–Trinajstić information content (AvgIpc) is 2.73. The Morgan fingerprint density at radius 3 is 2.88 bits per heavy atom. The standard InChI is InChI=1S/C13H14N2O/c16-13-7-3-4-8-15(13)12-9-10-5-1-2-6-11(10)14-12/h1-2,5-6,9,14H,3-4,7-8H2. The van der Waals surface area contributed by atoms with Crippen molar-refractivity contribution in [3.05, 3.63) is 30.3 Å². The summed E-state index contributed by atoms with van der Waals surface area (Å²) in [6.45, 7) is 0.839. The van der Waals surface area contributed by atoms with E-state index in [0.29, 0.717) is 6.42 Å². The molecule has 0 saturated carbocycles. The lowest BCUT2D eigenvalue weighted by atomic mass is 10.1. The van der Waals surface area contributed by atoms with Crippen LogP contribution in [-0.2, 0) is 4.79 Å². The fourth-order valence-corrected chi connectivity index (χ4v) is 2.26. The van der Waals surface area contributed by atoms with Gasteiger partial charge in [-0.2, -0.15) is 0 Å². The highest BCUT2D eigenvalue weighted by Crippen LogP contribution is 2.24. The number of hydrogen-bond donors (Lipinski definition) is 1. The normalized spacial score (nSPS) is 17.0. The molecule has 1 aromatic heterocycles. The molecule has 3 rings (SSSR count). The Morgan fingerprint density at radius 1 is 1.19 bits per heavy atom. The number of nitrogens with zero attached hydrogens (tertiary/aromatic N) is 1. The zero-order valence-electron chi connectivity index (χ0n) is 9.07. The molecule has 1 aromatic carbocycles. The first-order valence-electron chi connectivity index (χ1n) is 5.73. The van der Waals surface area contributed by atoms with Crippen LogP contribution in [-0.4, -0.2) is 17.4 Å². The van der Waals surface area contributed by atoms with Gasteiger partial charge in [-0.05, 0) is 25.0 Å². The van der Waals surface area contributed by atoms with E-state index in [1.807, 2.05) is 23.1 Å². The van der Waals surface area contributed by atoms with Crippen molar-refractivity contribution in [2.75, 3.05) is 11.4 Å². The van der Waals surface area contributed by atoms with Crippen LogP contribution in [0.1, 0.15) is 19.3 Å². The highest BCUT2D eigenvalue weighted by Gasteiger charge is 2.20. The Hall–Kier alpha value is -1.77. The monoisotopic (exact) mass is 214 g/mol. The summed E-state index contributed by atoms with van der Waals surface area (Å²) < 4.78 is 0.